The number of methoxy groups -OCH3 is 1. The van der Waals surface area contributed by atoms with E-state index in [0.717, 1.165) is 31.5 Å². The monoisotopic (exact) mass is 308 g/mol. The first-order valence-electron chi connectivity index (χ1n) is 7.50. The molecule has 6 heteroatoms. The van der Waals surface area contributed by atoms with Crippen LogP contribution in [-0.4, -0.2) is 49.3 Å². The number of piperidine rings is 1. The zero-order chi connectivity index (χ0) is 16.1. The fourth-order valence-electron chi connectivity index (χ4n) is 2.60. The Kier molecular flexibility index (Phi) is 5.63. The number of rotatable bonds is 6. The van der Waals surface area contributed by atoms with E-state index in [9.17, 15) is 4.79 Å². The molecule has 122 valence electrons. The second-order valence-corrected chi connectivity index (χ2v) is 5.74. The van der Waals surface area contributed by atoms with Gasteiger partial charge in [-0.05, 0) is 37.6 Å². The predicted octanol–water partition coefficient (Wildman–Crippen LogP) is 1.64. The van der Waals surface area contributed by atoms with Gasteiger partial charge in [-0.3, -0.25) is 4.79 Å². The van der Waals surface area contributed by atoms with Crippen LogP contribution in [0.2, 0.25) is 0 Å². The van der Waals surface area contributed by atoms with E-state index in [-0.39, 0.29) is 12.5 Å². The quantitative estimate of drug-likeness (QED) is 0.831. The van der Waals surface area contributed by atoms with Crippen LogP contribution in [0.3, 0.4) is 0 Å². The van der Waals surface area contributed by atoms with Crippen molar-refractivity contribution in [1.29, 1.82) is 0 Å². The van der Waals surface area contributed by atoms with E-state index in [4.69, 9.17) is 20.3 Å². The van der Waals surface area contributed by atoms with Crippen LogP contribution in [0.4, 0.5) is 0 Å². The molecule has 0 spiro atoms. The molecule has 1 aromatic carbocycles. The second-order valence-electron chi connectivity index (χ2n) is 5.74. The molecule has 22 heavy (non-hydrogen) atoms. The van der Waals surface area contributed by atoms with E-state index in [1.165, 1.54) is 0 Å². The number of hydrogen-bond donors (Lipinski definition) is 2. The van der Waals surface area contributed by atoms with Crippen molar-refractivity contribution in [2.24, 2.45) is 5.73 Å². The number of aliphatic carboxylic acids is 1. The summed E-state index contributed by atoms with van der Waals surface area (Å²) < 4.78 is 11.4. The van der Waals surface area contributed by atoms with Gasteiger partial charge in [0.2, 0.25) is 0 Å². The molecule has 2 rings (SSSR count). The van der Waals surface area contributed by atoms with Crippen LogP contribution < -0.4 is 15.2 Å². The highest BCUT2D eigenvalue weighted by Gasteiger charge is 2.20. The number of benzene rings is 1. The Morgan fingerprint density at radius 3 is 2.68 bits per heavy atom. The molecule has 0 radical (unpaired) electrons. The van der Waals surface area contributed by atoms with Crippen LogP contribution in [0, 0.1) is 0 Å². The summed E-state index contributed by atoms with van der Waals surface area (Å²) in [6, 6.07) is 4.83. The molecule has 1 aliphatic rings. The van der Waals surface area contributed by atoms with Gasteiger partial charge in [0.25, 0.3) is 0 Å². The van der Waals surface area contributed by atoms with E-state index in [1.807, 2.05) is 6.07 Å². The van der Waals surface area contributed by atoms with Gasteiger partial charge in [-0.25, -0.2) is 0 Å². The number of carboxylic acids is 1. The molecule has 0 aliphatic carbocycles. The van der Waals surface area contributed by atoms with Crippen molar-refractivity contribution < 1.29 is 19.4 Å². The Hall–Kier alpha value is -1.79. The number of carbonyl (C=O) groups is 1. The van der Waals surface area contributed by atoms with Crippen molar-refractivity contribution in [1.82, 2.24) is 4.90 Å². The molecule has 1 heterocycles. The molecular weight excluding hydrogens is 284 g/mol. The third kappa shape index (κ3) is 4.35. The van der Waals surface area contributed by atoms with Crippen molar-refractivity contribution in [2.75, 3.05) is 27.2 Å². The molecule has 3 N–H and O–H groups in total. The van der Waals surface area contributed by atoms with Crippen LogP contribution in [0.5, 0.6) is 11.5 Å². The third-order valence-corrected chi connectivity index (χ3v) is 3.97. The van der Waals surface area contributed by atoms with Gasteiger partial charge in [0.05, 0.1) is 13.5 Å². The Morgan fingerprint density at radius 1 is 1.41 bits per heavy atom. The minimum absolute atomic E-state index is 0.113. The van der Waals surface area contributed by atoms with Gasteiger partial charge >= 0.3 is 5.97 Å². The number of carboxylic acid groups (broad SMARTS) is 1. The second kappa shape index (κ2) is 7.47. The van der Waals surface area contributed by atoms with Crippen molar-refractivity contribution >= 4 is 5.97 Å². The SMILES string of the molecule is COc1cc(C(N)CC(=O)O)ccc1OC1CCN(C)CC1. The van der Waals surface area contributed by atoms with Gasteiger partial charge in [0, 0.05) is 19.1 Å². The normalized spacial score (nSPS) is 18.0. The zero-order valence-electron chi connectivity index (χ0n) is 13.1. The highest BCUT2D eigenvalue weighted by molar-refractivity contribution is 5.68. The lowest BCUT2D eigenvalue weighted by molar-refractivity contribution is -0.137. The number of nitrogens with zero attached hydrogens (tertiary/aromatic N) is 1. The Morgan fingerprint density at radius 2 is 2.09 bits per heavy atom. The maximum atomic E-state index is 10.8. The van der Waals surface area contributed by atoms with E-state index in [1.54, 1.807) is 19.2 Å². The number of hydrogen-bond acceptors (Lipinski definition) is 5. The van der Waals surface area contributed by atoms with Crippen molar-refractivity contribution in [3.05, 3.63) is 23.8 Å². The van der Waals surface area contributed by atoms with Gasteiger partial charge in [-0.1, -0.05) is 6.07 Å². The molecule has 1 atom stereocenters. The Balaban J connectivity index is 2.07. The van der Waals surface area contributed by atoms with E-state index in [2.05, 4.69) is 11.9 Å². The van der Waals surface area contributed by atoms with Crippen LogP contribution in [-0.2, 0) is 4.79 Å². The molecule has 1 unspecified atom stereocenters. The highest BCUT2D eigenvalue weighted by Crippen LogP contribution is 2.32. The molecule has 0 bridgehead atoms. The molecule has 0 saturated carbocycles. The van der Waals surface area contributed by atoms with Crippen molar-refractivity contribution in [3.8, 4) is 11.5 Å². The minimum Gasteiger partial charge on any atom is -0.493 e. The summed E-state index contributed by atoms with van der Waals surface area (Å²) in [5.41, 5.74) is 6.62. The van der Waals surface area contributed by atoms with Crippen LogP contribution in [0.25, 0.3) is 0 Å². The van der Waals surface area contributed by atoms with Gasteiger partial charge < -0.3 is 25.2 Å². The Labute approximate surface area is 130 Å². The molecule has 0 aromatic heterocycles. The summed E-state index contributed by atoms with van der Waals surface area (Å²) in [7, 11) is 3.68. The summed E-state index contributed by atoms with van der Waals surface area (Å²) in [5.74, 6) is 0.360. The highest BCUT2D eigenvalue weighted by atomic mass is 16.5. The molecule has 1 saturated heterocycles. The summed E-state index contributed by atoms with van der Waals surface area (Å²) in [6.07, 6.45) is 2.04. The van der Waals surface area contributed by atoms with Crippen LogP contribution >= 0.6 is 0 Å². The van der Waals surface area contributed by atoms with E-state index >= 15 is 0 Å². The summed E-state index contributed by atoms with van der Waals surface area (Å²) in [6.45, 7) is 2.04. The lowest BCUT2D eigenvalue weighted by Crippen LogP contribution is -2.35. The fourth-order valence-corrected chi connectivity index (χ4v) is 2.60. The summed E-state index contributed by atoms with van der Waals surface area (Å²) in [5, 5.41) is 8.82. The summed E-state index contributed by atoms with van der Waals surface area (Å²) in [4.78, 5) is 13.0. The molecule has 6 nitrogen and oxygen atoms in total. The number of nitrogens with two attached hydrogens (primary N) is 1. The number of likely N-dealkylation sites (tertiary alicyclic amines) is 1. The topological polar surface area (TPSA) is 85.0 Å². The maximum Gasteiger partial charge on any atom is 0.305 e. The lowest BCUT2D eigenvalue weighted by atomic mass is 10.0. The smallest absolute Gasteiger partial charge is 0.305 e. The first-order valence-corrected chi connectivity index (χ1v) is 7.50. The molecule has 1 aliphatic heterocycles. The first kappa shape index (κ1) is 16.6. The average molecular weight is 308 g/mol. The number of ether oxygens (including phenoxy) is 2. The first-order chi connectivity index (χ1) is 10.5. The van der Waals surface area contributed by atoms with Gasteiger partial charge in [-0.2, -0.15) is 0 Å². The average Bonchev–Trinajstić information content (AvgIpc) is 2.49. The molecule has 0 amide bonds. The zero-order valence-corrected chi connectivity index (χ0v) is 13.1. The Bertz CT molecular complexity index is 513. The van der Waals surface area contributed by atoms with Crippen molar-refractivity contribution in [2.45, 2.75) is 31.4 Å². The molecule has 1 fully saturated rings. The van der Waals surface area contributed by atoms with Gasteiger partial charge in [0.15, 0.2) is 11.5 Å². The van der Waals surface area contributed by atoms with E-state index < -0.39 is 12.0 Å². The fraction of sp³-hybridized carbons (Fsp3) is 0.562. The largest absolute Gasteiger partial charge is 0.493 e. The maximum absolute atomic E-state index is 10.8. The summed E-state index contributed by atoms with van der Waals surface area (Å²) >= 11 is 0. The van der Waals surface area contributed by atoms with Crippen LogP contribution in [0.15, 0.2) is 18.2 Å². The van der Waals surface area contributed by atoms with E-state index in [0.29, 0.717) is 11.5 Å². The molecule has 1 aromatic rings. The van der Waals surface area contributed by atoms with Gasteiger partial charge in [0.1, 0.15) is 6.10 Å². The predicted molar refractivity (Wildman–Crippen MR) is 83.3 cm³/mol. The van der Waals surface area contributed by atoms with Gasteiger partial charge in [-0.15, -0.1) is 0 Å². The van der Waals surface area contributed by atoms with Crippen LogP contribution in [0.1, 0.15) is 30.9 Å². The standard InChI is InChI=1S/C16H24N2O4/c1-18-7-5-12(6-8-18)22-14-4-3-11(9-15(14)21-2)13(17)10-16(19)20/h3-4,9,12-13H,5-8,10,17H2,1-2H3,(H,19,20). The molecular formula is C16H24N2O4. The minimum atomic E-state index is -0.918. The third-order valence-electron chi connectivity index (χ3n) is 3.97. The lowest BCUT2D eigenvalue weighted by Gasteiger charge is -2.29. The van der Waals surface area contributed by atoms with Crippen molar-refractivity contribution in [3.63, 3.8) is 0 Å².